The van der Waals surface area contributed by atoms with Crippen molar-refractivity contribution in [1.29, 1.82) is 0 Å². The van der Waals surface area contributed by atoms with Gasteiger partial charge in [-0.05, 0) is 41.5 Å². The Labute approximate surface area is 145 Å². The van der Waals surface area contributed by atoms with Crippen LogP contribution in [0.2, 0.25) is 0 Å². The van der Waals surface area contributed by atoms with Gasteiger partial charge in [-0.2, -0.15) is 0 Å². The number of carbonyl (C=O) groups excluding carboxylic acids is 2. The average molecular weight is 331 g/mol. The predicted octanol–water partition coefficient (Wildman–Crippen LogP) is 3.97. The molecule has 0 radical (unpaired) electrons. The van der Waals surface area contributed by atoms with Crippen molar-refractivity contribution in [2.45, 2.75) is 19.6 Å². The van der Waals surface area contributed by atoms with Crippen LogP contribution in [0, 0.1) is 0 Å². The van der Waals surface area contributed by atoms with E-state index < -0.39 is 6.10 Å². The molecule has 1 unspecified atom stereocenters. The van der Waals surface area contributed by atoms with E-state index in [-0.39, 0.29) is 5.91 Å². The molecule has 25 heavy (non-hydrogen) atoms. The minimum atomic E-state index is -0.551. The summed E-state index contributed by atoms with van der Waals surface area (Å²) < 4.78 is 5.69. The summed E-state index contributed by atoms with van der Waals surface area (Å²) >= 11 is 0. The lowest BCUT2D eigenvalue weighted by molar-refractivity contribution is -0.125. The lowest BCUT2D eigenvalue weighted by Gasteiger charge is -2.33. The van der Waals surface area contributed by atoms with Gasteiger partial charge in [-0.3, -0.25) is 9.59 Å². The summed E-state index contributed by atoms with van der Waals surface area (Å²) in [6, 6.07) is 19.3. The zero-order chi connectivity index (χ0) is 17.4. The third kappa shape index (κ3) is 2.66. The summed E-state index contributed by atoms with van der Waals surface area (Å²) in [6.45, 7) is 2.18. The molecular weight excluding hydrogens is 314 g/mol. The summed E-state index contributed by atoms with van der Waals surface area (Å²) in [4.78, 5) is 25.6. The van der Waals surface area contributed by atoms with Gasteiger partial charge in [0.2, 0.25) is 0 Å². The van der Waals surface area contributed by atoms with Gasteiger partial charge in [0.15, 0.2) is 6.10 Å². The van der Waals surface area contributed by atoms with Crippen molar-refractivity contribution in [2.24, 2.45) is 0 Å². The fourth-order valence-corrected chi connectivity index (χ4v) is 3.26. The maximum Gasteiger partial charge on any atom is 0.268 e. The molecule has 0 spiro atoms. The van der Waals surface area contributed by atoms with Crippen LogP contribution < -0.4 is 9.64 Å². The summed E-state index contributed by atoms with van der Waals surface area (Å²) in [5, 5.41) is 2.25. The van der Waals surface area contributed by atoms with Gasteiger partial charge in [0.1, 0.15) is 12.0 Å². The van der Waals surface area contributed by atoms with Crippen molar-refractivity contribution < 1.29 is 14.3 Å². The van der Waals surface area contributed by atoms with Gasteiger partial charge in [0.05, 0.1) is 12.2 Å². The van der Waals surface area contributed by atoms with Gasteiger partial charge < -0.3 is 9.64 Å². The molecule has 3 aromatic rings. The molecule has 0 aromatic heterocycles. The van der Waals surface area contributed by atoms with Crippen LogP contribution in [0.15, 0.2) is 60.7 Å². The molecular formula is C21H17NO3. The Kier molecular flexibility index (Phi) is 3.73. The zero-order valence-electron chi connectivity index (χ0n) is 13.8. The number of hydrogen-bond donors (Lipinski definition) is 0. The van der Waals surface area contributed by atoms with Crippen LogP contribution in [-0.2, 0) is 11.3 Å². The highest BCUT2D eigenvalue weighted by atomic mass is 16.5. The van der Waals surface area contributed by atoms with E-state index in [1.807, 2.05) is 24.3 Å². The van der Waals surface area contributed by atoms with Crippen molar-refractivity contribution in [3.8, 4) is 5.75 Å². The number of hydrogen-bond acceptors (Lipinski definition) is 3. The molecule has 1 heterocycles. The molecule has 0 saturated heterocycles. The van der Waals surface area contributed by atoms with Gasteiger partial charge in [-0.25, -0.2) is 0 Å². The highest BCUT2D eigenvalue weighted by Crippen LogP contribution is 2.36. The molecule has 0 bridgehead atoms. The second-order valence-electron chi connectivity index (χ2n) is 6.17. The predicted molar refractivity (Wildman–Crippen MR) is 97.1 cm³/mol. The molecule has 0 fully saturated rings. The first-order chi connectivity index (χ1) is 12.2. The Morgan fingerprint density at radius 3 is 2.72 bits per heavy atom. The summed E-state index contributed by atoms with van der Waals surface area (Å²) in [5.74, 6) is 0.515. The fourth-order valence-electron chi connectivity index (χ4n) is 3.26. The van der Waals surface area contributed by atoms with Crippen LogP contribution in [0.4, 0.5) is 5.69 Å². The van der Waals surface area contributed by atoms with E-state index in [4.69, 9.17) is 4.74 Å². The highest BCUT2D eigenvalue weighted by molar-refractivity contribution is 6.01. The molecule has 1 amide bonds. The number of carbonyl (C=O) groups is 2. The minimum absolute atomic E-state index is 0.108. The molecule has 4 heteroatoms. The van der Waals surface area contributed by atoms with Crippen molar-refractivity contribution in [2.75, 3.05) is 4.90 Å². The maximum absolute atomic E-state index is 12.7. The van der Waals surface area contributed by atoms with Crippen LogP contribution in [0.25, 0.3) is 10.8 Å². The molecule has 0 saturated carbocycles. The summed E-state index contributed by atoms with van der Waals surface area (Å²) in [6.07, 6.45) is 0.225. The van der Waals surface area contributed by atoms with E-state index in [0.717, 1.165) is 22.6 Å². The third-order valence-electron chi connectivity index (χ3n) is 4.54. The van der Waals surface area contributed by atoms with Crippen LogP contribution in [0.5, 0.6) is 5.75 Å². The molecule has 124 valence electrons. The van der Waals surface area contributed by atoms with Crippen LogP contribution >= 0.6 is 0 Å². The topological polar surface area (TPSA) is 46.6 Å². The highest BCUT2D eigenvalue weighted by Gasteiger charge is 2.31. The number of rotatable bonds is 3. The number of aldehydes is 1. The number of anilines is 1. The van der Waals surface area contributed by atoms with E-state index in [1.165, 1.54) is 0 Å². The third-order valence-corrected chi connectivity index (χ3v) is 4.54. The smallest absolute Gasteiger partial charge is 0.268 e. The van der Waals surface area contributed by atoms with Crippen molar-refractivity contribution in [3.63, 3.8) is 0 Å². The summed E-state index contributed by atoms with van der Waals surface area (Å²) in [7, 11) is 0. The number of nitrogens with zero attached hydrogens (tertiary/aromatic N) is 1. The largest absolute Gasteiger partial charge is 0.479 e. The standard InChI is InChI=1S/C21H17NO3/c1-14-21(24)22(19-11-15(13-23)9-10-20(19)25-14)12-17-7-4-6-16-5-2-3-8-18(16)17/h2-11,13-14H,12H2,1H3. The molecule has 1 aliphatic heterocycles. The first-order valence-electron chi connectivity index (χ1n) is 8.21. The minimum Gasteiger partial charge on any atom is -0.479 e. The number of amides is 1. The van der Waals surface area contributed by atoms with Crippen LogP contribution in [-0.4, -0.2) is 18.3 Å². The Bertz CT molecular complexity index is 975. The second-order valence-corrected chi connectivity index (χ2v) is 6.17. The van der Waals surface area contributed by atoms with Gasteiger partial charge in [-0.1, -0.05) is 42.5 Å². The quantitative estimate of drug-likeness (QED) is 0.682. The molecule has 3 aromatic carbocycles. The van der Waals surface area contributed by atoms with Gasteiger partial charge in [0, 0.05) is 5.56 Å². The van der Waals surface area contributed by atoms with Gasteiger partial charge in [-0.15, -0.1) is 0 Å². The van der Waals surface area contributed by atoms with Crippen molar-refractivity contribution >= 4 is 28.7 Å². The van der Waals surface area contributed by atoms with Crippen LogP contribution in [0.3, 0.4) is 0 Å². The molecule has 4 rings (SSSR count). The Balaban J connectivity index is 1.81. The molecule has 1 aliphatic rings. The molecule has 4 nitrogen and oxygen atoms in total. The average Bonchev–Trinajstić information content (AvgIpc) is 2.65. The molecule has 1 atom stereocenters. The SMILES string of the molecule is CC1Oc2ccc(C=O)cc2N(Cc2cccc3ccccc23)C1=O. The van der Waals surface area contributed by atoms with Crippen molar-refractivity contribution in [1.82, 2.24) is 0 Å². The van der Waals surface area contributed by atoms with Gasteiger partial charge >= 0.3 is 0 Å². The Morgan fingerprint density at radius 2 is 1.88 bits per heavy atom. The van der Waals surface area contributed by atoms with Crippen LogP contribution in [0.1, 0.15) is 22.8 Å². The lowest BCUT2D eigenvalue weighted by atomic mass is 10.0. The lowest BCUT2D eigenvalue weighted by Crippen LogP contribution is -2.44. The first kappa shape index (κ1) is 15.4. The first-order valence-corrected chi connectivity index (χ1v) is 8.21. The van der Waals surface area contributed by atoms with E-state index >= 15 is 0 Å². The number of ether oxygens (including phenoxy) is 1. The number of fused-ring (bicyclic) bond motifs is 2. The second kappa shape index (κ2) is 6.06. The summed E-state index contributed by atoms with van der Waals surface area (Å²) in [5.41, 5.74) is 2.22. The normalized spacial score (nSPS) is 16.4. The van der Waals surface area contributed by atoms with Gasteiger partial charge in [0.25, 0.3) is 5.91 Å². The monoisotopic (exact) mass is 331 g/mol. The van der Waals surface area contributed by atoms with Crippen molar-refractivity contribution in [3.05, 3.63) is 71.8 Å². The molecule has 0 N–H and O–H groups in total. The number of benzene rings is 3. The Hall–Kier alpha value is -3.14. The van der Waals surface area contributed by atoms with E-state index in [0.29, 0.717) is 23.5 Å². The van der Waals surface area contributed by atoms with E-state index in [9.17, 15) is 9.59 Å². The zero-order valence-corrected chi connectivity index (χ0v) is 13.8. The maximum atomic E-state index is 12.7. The molecule has 0 aliphatic carbocycles. The Morgan fingerprint density at radius 1 is 1.08 bits per heavy atom. The van der Waals surface area contributed by atoms with E-state index in [1.54, 1.807) is 30.0 Å². The fraction of sp³-hybridized carbons (Fsp3) is 0.143. The van der Waals surface area contributed by atoms with E-state index in [2.05, 4.69) is 18.2 Å².